The van der Waals surface area contributed by atoms with Gasteiger partial charge < -0.3 is 10.2 Å². The second-order valence-electron chi connectivity index (χ2n) is 6.69. The van der Waals surface area contributed by atoms with Gasteiger partial charge in [0.1, 0.15) is 6.04 Å². The van der Waals surface area contributed by atoms with Crippen LogP contribution in [0.4, 0.5) is 0 Å². The maximum Gasteiger partial charge on any atom is 0.242 e. The molecule has 1 atom stereocenters. The third-order valence-electron chi connectivity index (χ3n) is 4.44. The number of carbonyl (C=O) groups is 2. The normalized spacial score (nSPS) is 11.7. The molecule has 2 aromatic rings. The third-order valence-corrected chi connectivity index (χ3v) is 6.18. The zero-order valence-corrected chi connectivity index (χ0v) is 19.0. The molecular formula is C22H26Cl2N2O2S. The van der Waals surface area contributed by atoms with Gasteiger partial charge >= 0.3 is 0 Å². The first-order chi connectivity index (χ1) is 13.9. The lowest BCUT2D eigenvalue weighted by atomic mass is 10.1. The Hall–Kier alpha value is -1.69. The van der Waals surface area contributed by atoms with E-state index in [-0.39, 0.29) is 24.1 Å². The number of nitrogens with zero attached hydrogens (tertiary/aromatic N) is 1. The van der Waals surface area contributed by atoms with Gasteiger partial charge in [-0.1, -0.05) is 60.8 Å². The molecular weight excluding hydrogens is 427 g/mol. The van der Waals surface area contributed by atoms with Gasteiger partial charge in [-0.25, -0.2) is 0 Å². The lowest BCUT2D eigenvalue weighted by Gasteiger charge is -2.29. The molecule has 2 aromatic carbocycles. The van der Waals surface area contributed by atoms with Crippen LogP contribution in [0.2, 0.25) is 10.0 Å². The van der Waals surface area contributed by atoms with E-state index in [1.807, 2.05) is 36.4 Å². The number of hydrogen-bond acceptors (Lipinski definition) is 3. The Kier molecular flexibility index (Phi) is 9.85. The van der Waals surface area contributed by atoms with Crippen LogP contribution in [0.25, 0.3) is 0 Å². The van der Waals surface area contributed by atoms with Crippen molar-refractivity contribution in [1.29, 1.82) is 0 Å². The third kappa shape index (κ3) is 7.57. The van der Waals surface area contributed by atoms with E-state index < -0.39 is 6.04 Å². The van der Waals surface area contributed by atoms with Crippen molar-refractivity contribution in [1.82, 2.24) is 10.2 Å². The van der Waals surface area contributed by atoms with E-state index in [2.05, 4.69) is 12.2 Å². The minimum atomic E-state index is -0.592. The van der Waals surface area contributed by atoms with Crippen molar-refractivity contribution in [2.45, 2.75) is 44.2 Å². The molecule has 0 heterocycles. The molecule has 0 radical (unpaired) electrons. The van der Waals surface area contributed by atoms with E-state index in [4.69, 9.17) is 23.2 Å². The van der Waals surface area contributed by atoms with Crippen LogP contribution in [0, 0.1) is 0 Å². The van der Waals surface area contributed by atoms with Crippen LogP contribution in [0.3, 0.4) is 0 Å². The average molecular weight is 453 g/mol. The number of amides is 2. The molecule has 0 bridgehead atoms. The molecule has 0 aromatic heterocycles. The highest BCUT2D eigenvalue weighted by molar-refractivity contribution is 8.00. The van der Waals surface area contributed by atoms with Crippen molar-refractivity contribution >= 4 is 46.8 Å². The number of thioether (sulfide) groups is 1. The number of unbranched alkanes of at least 4 members (excludes halogenated alkanes) is 1. The molecule has 0 aliphatic heterocycles. The zero-order valence-electron chi connectivity index (χ0n) is 16.7. The fourth-order valence-electron chi connectivity index (χ4n) is 2.70. The van der Waals surface area contributed by atoms with Gasteiger partial charge in [-0.05, 0) is 43.2 Å². The molecule has 156 valence electrons. The molecule has 2 rings (SSSR count). The van der Waals surface area contributed by atoms with E-state index >= 15 is 0 Å². The maximum atomic E-state index is 13.0. The Morgan fingerprint density at radius 1 is 1.10 bits per heavy atom. The van der Waals surface area contributed by atoms with E-state index in [0.29, 0.717) is 16.6 Å². The van der Waals surface area contributed by atoms with Gasteiger partial charge in [-0.15, -0.1) is 11.8 Å². The summed E-state index contributed by atoms with van der Waals surface area (Å²) in [7, 11) is 0. The molecule has 29 heavy (non-hydrogen) atoms. The van der Waals surface area contributed by atoms with E-state index in [9.17, 15) is 9.59 Å². The van der Waals surface area contributed by atoms with Gasteiger partial charge in [0.25, 0.3) is 0 Å². The summed E-state index contributed by atoms with van der Waals surface area (Å²) in [6.45, 7) is 4.71. The van der Waals surface area contributed by atoms with E-state index in [1.165, 1.54) is 11.8 Å². The molecule has 0 spiro atoms. The number of carbonyl (C=O) groups excluding carboxylic acids is 2. The summed E-state index contributed by atoms with van der Waals surface area (Å²) in [4.78, 5) is 28.2. The molecule has 1 unspecified atom stereocenters. The highest BCUT2D eigenvalue weighted by Crippen LogP contribution is 2.24. The van der Waals surface area contributed by atoms with Gasteiger partial charge in [0, 0.05) is 18.0 Å². The monoisotopic (exact) mass is 452 g/mol. The number of rotatable bonds is 10. The van der Waals surface area contributed by atoms with Crippen LogP contribution in [-0.2, 0) is 16.1 Å². The molecule has 4 nitrogen and oxygen atoms in total. The molecule has 2 amide bonds. The summed E-state index contributed by atoms with van der Waals surface area (Å²) in [5, 5.41) is 3.79. The van der Waals surface area contributed by atoms with Gasteiger partial charge in [0.05, 0.1) is 15.8 Å². The van der Waals surface area contributed by atoms with Crippen molar-refractivity contribution in [2.75, 3.05) is 12.3 Å². The SMILES string of the molecule is CCCCNC(=O)C(C)N(Cc1ccc(Cl)c(Cl)c1)C(=O)CSc1ccccc1. The van der Waals surface area contributed by atoms with E-state index in [1.54, 1.807) is 24.0 Å². The molecule has 0 saturated heterocycles. The van der Waals surface area contributed by atoms with Gasteiger partial charge in [-0.3, -0.25) is 9.59 Å². The quantitative estimate of drug-likeness (QED) is 0.386. The largest absolute Gasteiger partial charge is 0.354 e. The predicted molar refractivity (Wildman–Crippen MR) is 122 cm³/mol. The van der Waals surface area contributed by atoms with Crippen LogP contribution in [0.1, 0.15) is 32.3 Å². The summed E-state index contributed by atoms with van der Waals surface area (Å²) >= 11 is 13.6. The van der Waals surface area contributed by atoms with Crippen LogP contribution >= 0.6 is 35.0 Å². The fourth-order valence-corrected chi connectivity index (χ4v) is 3.82. The number of benzene rings is 2. The number of hydrogen-bond donors (Lipinski definition) is 1. The Balaban J connectivity index is 2.13. The standard InChI is InChI=1S/C22H26Cl2N2O2S/c1-3-4-12-25-22(28)16(2)26(14-17-10-11-19(23)20(24)13-17)21(27)15-29-18-8-6-5-7-9-18/h5-11,13,16H,3-4,12,14-15H2,1-2H3,(H,25,28). The Labute approximate surface area is 187 Å². The van der Waals surface area contributed by atoms with E-state index in [0.717, 1.165) is 23.3 Å². The van der Waals surface area contributed by atoms with Gasteiger partial charge in [0.2, 0.25) is 11.8 Å². The first-order valence-corrected chi connectivity index (χ1v) is 11.4. The van der Waals surface area contributed by atoms with Gasteiger partial charge in [0.15, 0.2) is 0 Å². The molecule has 0 fully saturated rings. The molecule has 0 aliphatic carbocycles. The summed E-state index contributed by atoms with van der Waals surface area (Å²) in [5.41, 5.74) is 0.825. The summed E-state index contributed by atoms with van der Waals surface area (Å²) in [6.07, 6.45) is 1.90. The Morgan fingerprint density at radius 3 is 2.48 bits per heavy atom. The van der Waals surface area contributed by atoms with Crippen molar-refractivity contribution < 1.29 is 9.59 Å². The minimum Gasteiger partial charge on any atom is -0.354 e. The van der Waals surface area contributed by atoms with Crippen molar-refractivity contribution in [3.05, 3.63) is 64.1 Å². The number of nitrogens with one attached hydrogen (secondary N) is 1. The van der Waals surface area contributed by atoms with Crippen LogP contribution in [0.15, 0.2) is 53.4 Å². The smallest absolute Gasteiger partial charge is 0.242 e. The number of halogens is 2. The second-order valence-corrected chi connectivity index (χ2v) is 8.56. The fraction of sp³-hybridized carbons (Fsp3) is 0.364. The van der Waals surface area contributed by atoms with Crippen LogP contribution in [0.5, 0.6) is 0 Å². The molecule has 0 aliphatic rings. The van der Waals surface area contributed by atoms with Gasteiger partial charge in [-0.2, -0.15) is 0 Å². The minimum absolute atomic E-state index is 0.108. The lowest BCUT2D eigenvalue weighted by molar-refractivity contribution is -0.138. The first-order valence-electron chi connectivity index (χ1n) is 9.61. The van der Waals surface area contributed by atoms with Crippen molar-refractivity contribution in [3.63, 3.8) is 0 Å². The Morgan fingerprint density at radius 2 is 1.83 bits per heavy atom. The predicted octanol–water partition coefficient (Wildman–Crippen LogP) is 5.42. The van der Waals surface area contributed by atoms with Crippen LogP contribution in [-0.4, -0.2) is 35.1 Å². The molecule has 0 saturated carbocycles. The average Bonchev–Trinajstić information content (AvgIpc) is 2.73. The molecule has 7 heteroatoms. The Bertz CT molecular complexity index is 818. The zero-order chi connectivity index (χ0) is 21.2. The van der Waals surface area contributed by atoms with Crippen molar-refractivity contribution in [3.8, 4) is 0 Å². The second kappa shape index (κ2) is 12.1. The van der Waals surface area contributed by atoms with Crippen molar-refractivity contribution in [2.24, 2.45) is 0 Å². The maximum absolute atomic E-state index is 13.0. The van der Waals surface area contributed by atoms with Crippen LogP contribution < -0.4 is 5.32 Å². The lowest BCUT2D eigenvalue weighted by Crippen LogP contribution is -2.48. The molecule has 1 N–H and O–H groups in total. The highest BCUT2D eigenvalue weighted by Gasteiger charge is 2.26. The topological polar surface area (TPSA) is 49.4 Å². The summed E-state index contributed by atoms with van der Waals surface area (Å²) in [5.74, 6) is -0.0163. The summed E-state index contributed by atoms with van der Waals surface area (Å²) in [6, 6.07) is 14.4. The highest BCUT2D eigenvalue weighted by atomic mass is 35.5. The first kappa shape index (κ1) is 23.6. The summed E-state index contributed by atoms with van der Waals surface area (Å²) < 4.78 is 0.